The van der Waals surface area contributed by atoms with Gasteiger partial charge in [0, 0.05) is 7.11 Å². The van der Waals surface area contributed by atoms with Crippen LogP contribution in [-0.4, -0.2) is 22.3 Å². The van der Waals surface area contributed by atoms with Gasteiger partial charge in [0.15, 0.2) is 0 Å². The topological polar surface area (TPSA) is 18.5 Å². The quantitative estimate of drug-likeness (QED) is 0.535. The molecule has 0 spiro atoms. The van der Waals surface area contributed by atoms with Gasteiger partial charge in [-0.1, -0.05) is 36.4 Å². The molecule has 0 saturated carbocycles. The van der Waals surface area contributed by atoms with Gasteiger partial charge in [-0.2, -0.15) is 0 Å². The molecule has 0 amide bonds. The zero-order valence-electron chi connectivity index (χ0n) is 10.1. The van der Waals surface area contributed by atoms with Crippen LogP contribution in [0.25, 0.3) is 0 Å². The lowest BCUT2D eigenvalue weighted by Gasteiger charge is -2.24. The molecule has 2 nitrogen and oxygen atoms in total. The van der Waals surface area contributed by atoms with Gasteiger partial charge in [0.2, 0.25) is 0 Å². The third-order valence-corrected chi connectivity index (χ3v) is 5.45. The van der Waals surface area contributed by atoms with Crippen LogP contribution >= 0.6 is 0 Å². The van der Waals surface area contributed by atoms with Crippen molar-refractivity contribution in [2.45, 2.75) is 19.0 Å². The molecule has 0 aromatic heterocycles. The van der Waals surface area contributed by atoms with Crippen LogP contribution in [0.15, 0.2) is 43.0 Å². The summed E-state index contributed by atoms with van der Waals surface area (Å²) in [5.41, 5.74) is 1.33. The van der Waals surface area contributed by atoms with Crippen molar-refractivity contribution in [3.05, 3.63) is 48.6 Å². The molecule has 16 heavy (non-hydrogen) atoms. The molecule has 0 aliphatic carbocycles. The molecule has 0 heterocycles. The Morgan fingerprint density at radius 1 is 1.31 bits per heavy atom. The molecule has 1 atom stereocenters. The molecule has 1 unspecified atom stereocenters. The van der Waals surface area contributed by atoms with Crippen molar-refractivity contribution < 1.29 is 8.85 Å². The van der Waals surface area contributed by atoms with Crippen molar-refractivity contribution >= 4 is 8.56 Å². The van der Waals surface area contributed by atoms with Crippen molar-refractivity contribution in [1.82, 2.24) is 0 Å². The van der Waals surface area contributed by atoms with E-state index in [1.165, 1.54) is 5.56 Å². The lowest BCUT2D eigenvalue weighted by atomic mass is 10.2. The van der Waals surface area contributed by atoms with Gasteiger partial charge in [-0.25, -0.2) is 0 Å². The highest BCUT2D eigenvalue weighted by molar-refractivity contribution is 6.66. The minimum absolute atomic E-state index is 0.575. The molecule has 1 aromatic carbocycles. The smallest absolute Gasteiger partial charge is 0.335 e. The van der Waals surface area contributed by atoms with E-state index in [-0.39, 0.29) is 0 Å². The summed E-state index contributed by atoms with van der Waals surface area (Å²) in [5.74, 6) is 0. The van der Waals surface area contributed by atoms with Gasteiger partial charge in [-0.15, -0.1) is 6.58 Å². The third kappa shape index (κ3) is 4.31. The Hall–Kier alpha value is -0.903. The van der Waals surface area contributed by atoms with Crippen LogP contribution in [-0.2, 0) is 15.3 Å². The van der Waals surface area contributed by atoms with Crippen molar-refractivity contribution in [3.8, 4) is 0 Å². The monoisotopic (exact) mass is 236 g/mol. The van der Waals surface area contributed by atoms with Crippen LogP contribution in [0.3, 0.4) is 0 Å². The second-order valence-corrected chi connectivity index (χ2v) is 7.39. The first-order valence-corrected chi connectivity index (χ1v) is 8.06. The minimum atomic E-state index is -2.00. The summed E-state index contributed by atoms with van der Waals surface area (Å²) in [5, 5.41) is 0. The highest BCUT2D eigenvalue weighted by Crippen LogP contribution is 2.16. The molecule has 0 fully saturated rings. The van der Waals surface area contributed by atoms with Crippen molar-refractivity contribution in [2.24, 2.45) is 0 Å². The average Bonchev–Trinajstić information content (AvgIpc) is 2.35. The fraction of sp³-hybridized carbons (Fsp3) is 0.385. The number of aryl methyl sites for hydroxylation is 1. The lowest BCUT2D eigenvalue weighted by Crippen LogP contribution is -2.37. The van der Waals surface area contributed by atoms with E-state index >= 15 is 0 Å². The Kier molecular flexibility index (Phi) is 5.45. The third-order valence-electron chi connectivity index (χ3n) is 2.65. The fourth-order valence-electron chi connectivity index (χ4n) is 1.48. The maximum atomic E-state index is 5.75. The van der Waals surface area contributed by atoms with Gasteiger partial charge in [0.05, 0.1) is 6.61 Å². The molecular weight excluding hydrogens is 216 g/mol. The second kappa shape index (κ2) is 6.63. The van der Waals surface area contributed by atoms with E-state index in [1.54, 1.807) is 13.2 Å². The molecule has 0 saturated heterocycles. The van der Waals surface area contributed by atoms with E-state index in [4.69, 9.17) is 8.85 Å². The highest BCUT2D eigenvalue weighted by Gasteiger charge is 2.29. The number of benzene rings is 1. The molecule has 0 aliphatic rings. The lowest BCUT2D eigenvalue weighted by molar-refractivity contribution is 0.226. The van der Waals surface area contributed by atoms with Gasteiger partial charge in [-0.3, -0.25) is 0 Å². The molecular formula is C13H20O2Si. The molecule has 0 bridgehead atoms. The largest absolute Gasteiger partial charge is 0.398 e. The molecule has 1 rings (SSSR count). The maximum Gasteiger partial charge on any atom is 0.335 e. The first-order valence-electron chi connectivity index (χ1n) is 5.54. The first kappa shape index (κ1) is 13.2. The Morgan fingerprint density at radius 3 is 2.56 bits per heavy atom. The van der Waals surface area contributed by atoms with Gasteiger partial charge < -0.3 is 8.85 Å². The van der Waals surface area contributed by atoms with E-state index in [2.05, 4.69) is 37.4 Å². The predicted octanol–water partition coefficient (Wildman–Crippen LogP) is 3.15. The van der Waals surface area contributed by atoms with E-state index in [0.29, 0.717) is 6.61 Å². The summed E-state index contributed by atoms with van der Waals surface area (Å²) in [7, 11) is -0.262. The van der Waals surface area contributed by atoms with Crippen LogP contribution in [0, 0.1) is 0 Å². The molecule has 88 valence electrons. The first-order chi connectivity index (χ1) is 7.70. The number of hydrogen-bond donors (Lipinski definition) is 0. The summed E-state index contributed by atoms with van der Waals surface area (Å²) in [6, 6.07) is 11.4. The van der Waals surface area contributed by atoms with Crippen molar-refractivity contribution in [3.63, 3.8) is 0 Å². The van der Waals surface area contributed by atoms with Gasteiger partial charge in [-0.05, 0) is 24.6 Å². The molecule has 0 N–H and O–H groups in total. The number of rotatable bonds is 7. The Morgan fingerprint density at radius 2 is 2.00 bits per heavy atom. The Bertz CT molecular complexity index is 313. The summed E-state index contributed by atoms with van der Waals surface area (Å²) < 4.78 is 11.3. The van der Waals surface area contributed by atoms with E-state index in [0.717, 1.165) is 12.5 Å². The number of hydrogen-bond acceptors (Lipinski definition) is 2. The summed E-state index contributed by atoms with van der Waals surface area (Å²) in [6.45, 7) is 6.33. The SMILES string of the molecule is C=CCO[Si](C)(CCc1ccccc1)OC. The molecule has 0 radical (unpaired) electrons. The molecule has 1 aromatic rings. The zero-order chi connectivity index (χ0) is 11.9. The van der Waals surface area contributed by atoms with Crippen LogP contribution < -0.4 is 0 Å². The second-order valence-electron chi connectivity index (χ2n) is 3.92. The fourth-order valence-corrected chi connectivity index (χ4v) is 3.16. The van der Waals surface area contributed by atoms with Crippen LogP contribution in [0.5, 0.6) is 0 Å². The van der Waals surface area contributed by atoms with Crippen LogP contribution in [0.2, 0.25) is 12.6 Å². The Balaban J connectivity index is 2.47. The highest BCUT2D eigenvalue weighted by atomic mass is 28.4. The predicted molar refractivity (Wildman–Crippen MR) is 69.7 cm³/mol. The molecule has 3 heteroatoms. The van der Waals surface area contributed by atoms with Gasteiger partial charge >= 0.3 is 8.56 Å². The average molecular weight is 236 g/mol. The maximum absolute atomic E-state index is 5.75. The van der Waals surface area contributed by atoms with Crippen molar-refractivity contribution in [2.75, 3.05) is 13.7 Å². The Labute approximate surface area is 99.2 Å². The summed E-state index contributed by atoms with van der Waals surface area (Å²) in [4.78, 5) is 0. The summed E-state index contributed by atoms with van der Waals surface area (Å²) in [6.07, 6.45) is 2.78. The van der Waals surface area contributed by atoms with E-state index in [1.807, 2.05) is 6.07 Å². The normalized spacial score (nSPS) is 14.4. The van der Waals surface area contributed by atoms with Crippen LogP contribution in [0.4, 0.5) is 0 Å². The van der Waals surface area contributed by atoms with Crippen LogP contribution in [0.1, 0.15) is 5.56 Å². The summed E-state index contributed by atoms with van der Waals surface area (Å²) >= 11 is 0. The van der Waals surface area contributed by atoms with Crippen molar-refractivity contribution in [1.29, 1.82) is 0 Å². The van der Waals surface area contributed by atoms with Gasteiger partial charge in [0.25, 0.3) is 0 Å². The molecule has 0 aliphatic heterocycles. The van der Waals surface area contributed by atoms with E-state index in [9.17, 15) is 0 Å². The minimum Gasteiger partial charge on any atom is -0.398 e. The standard InChI is InChI=1S/C13H20O2Si/c1-4-11-15-16(3,14-2)12-10-13-8-6-5-7-9-13/h4-9H,1,10-12H2,2-3H3. The zero-order valence-corrected chi connectivity index (χ0v) is 11.1. The van der Waals surface area contributed by atoms with E-state index < -0.39 is 8.56 Å². The van der Waals surface area contributed by atoms with Gasteiger partial charge in [0.1, 0.15) is 0 Å².